The van der Waals surface area contributed by atoms with E-state index < -0.39 is 0 Å². The molecule has 2 heterocycles. The largest absolute Gasteiger partial charge is 0.494 e. The average molecular weight is 344 g/mol. The van der Waals surface area contributed by atoms with Crippen molar-refractivity contribution in [3.05, 3.63) is 35.5 Å². The lowest BCUT2D eigenvalue weighted by Gasteiger charge is -2.29. The van der Waals surface area contributed by atoms with Crippen LogP contribution in [0.3, 0.4) is 0 Å². The van der Waals surface area contributed by atoms with Gasteiger partial charge in [-0.2, -0.15) is 0 Å². The van der Waals surface area contributed by atoms with Crippen LogP contribution in [0.1, 0.15) is 25.8 Å². The fraction of sp³-hybridized carbons (Fsp3) is 0.474. The van der Waals surface area contributed by atoms with Crippen molar-refractivity contribution < 1.29 is 19.1 Å². The number of imide groups is 1. The van der Waals surface area contributed by atoms with Gasteiger partial charge in [0.05, 0.1) is 25.4 Å². The molecule has 0 aromatic heterocycles. The molecule has 2 aliphatic heterocycles. The standard InChI is InChI=1S/C19H24N2O4/c1-3-9-21-18(22)16(14-5-7-15(8-6-14)25-4-2)17(19(21)23)20-10-12-24-13-11-20/h5-8H,3-4,9-13H2,1-2H3. The van der Waals surface area contributed by atoms with Gasteiger partial charge < -0.3 is 14.4 Å². The zero-order valence-electron chi connectivity index (χ0n) is 14.8. The molecule has 2 aliphatic rings. The average Bonchev–Trinajstić information content (AvgIpc) is 2.88. The van der Waals surface area contributed by atoms with Crippen LogP contribution < -0.4 is 4.74 Å². The van der Waals surface area contributed by atoms with Gasteiger partial charge in [0.15, 0.2) is 0 Å². The predicted octanol–water partition coefficient (Wildman–Crippen LogP) is 1.91. The van der Waals surface area contributed by atoms with Gasteiger partial charge in [0.2, 0.25) is 0 Å². The Labute approximate surface area is 148 Å². The predicted molar refractivity (Wildman–Crippen MR) is 93.9 cm³/mol. The molecule has 0 N–H and O–H groups in total. The Morgan fingerprint density at radius 2 is 1.72 bits per heavy atom. The fourth-order valence-corrected chi connectivity index (χ4v) is 3.21. The zero-order valence-corrected chi connectivity index (χ0v) is 14.8. The van der Waals surface area contributed by atoms with Gasteiger partial charge in [0, 0.05) is 19.6 Å². The molecule has 6 nitrogen and oxygen atoms in total. The summed E-state index contributed by atoms with van der Waals surface area (Å²) in [4.78, 5) is 29.2. The first-order valence-corrected chi connectivity index (χ1v) is 8.83. The molecular formula is C19H24N2O4. The molecule has 0 unspecified atom stereocenters. The molecule has 1 saturated heterocycles. The first kappa shape index (κ1) is 17.5. The highest BCUT2D eigenvalue weighted by Crippen LogP contribution is 2.32. The molecule has 25 heavy (non-hydrogen) atoms. The topological polar surface area (TPSA) is 59.1 Å². The molecule has 0 atom stereocenters. The van der Waals surface area contributed by atoms with E-state index in [1.54, 1.807) is 0 Å². The van der Waals surface area contributed by atoms with E-state index in [4.69, 9.17) is 9.47 Å². The Bertz CT molecular complexity index is 675. The second-order valence-electron chi connectivity index (χ2n) is 6.04. The monoisotopic (exact) mass is 344 g/mol. The maximum Gasteiger partial charge on any atom is 0.277 e. The van der Waals surface area contributed by atoms with Gasteiger partial charge in [-0.15, -0.1) is 0 Å². The SMILES string of the molecule is CCCN1C(=O)C(c2ccc(OCC)cc2)=C(N2CCOCC2)C1=O. The van der Waals surface area contributed by atoms with Crippen LogP contribution >= 0.6 is 0 Å². The number of benzene rings is 1. The summed E-state index contributed by atoms with van der Waals surface area (Å²) in [6.45, 7) is 7.28. The van der Waals surface area contributed by atoms with Crippen LogP contribution in [0.15, 0.2) is 30.0 Å². The Kier molecular flexibility index (Phi) is 5.38. The number of morpholine rings is 1. The summed E-state index contributed by atoms with van der Waals surface area (Å²) in [6, 6.07) is 7.37. The normalized spacial score (nSPS) is 18.3. The second-order valence-corrected chi connectivity index (χ2v) is 6.04. The second kappa shape index (κ2) is 7.70. The van der Waals surface area contributed by atoms with Gasteiger partial charge in [-0.1, -0.05) is 19.1 Å². The molecule has 0 saturated carbocycles. The van der Waals surface area contributed by atoms with Crippen molar-refractivity contribution in [2.45, 2.75) is 20.3 Å². The van der Waals surface area contributed by atoms with E-state index in [1.165, 1.54) is 4.90 Å². The van der Waals surface area contributed by atoms with Gasteiger partial charge >= 0.3 is 0 Å². The summed E-state index contributed by atoms with van der Waals surface area (Å²) in [5, 5.41) is 0. The van der Waals surface area contributed by atoms with Crippen molar-refractivity contribution in [1.29, 1.82) is 0 Å². The maximum absolute atomic E-state index is 12.9. The van der Waals surface area contributed by atoms with E-state index in [2.05, 4.69) is 0 Å². The van der Waals surface area contributed by atoms with E-state index in [1.807, 2.05) is 43.0 Å². The Hall–Kier alpha value is -2.34. The molecule has 3 rings (SSSR count). The van der Waals surface area contributed by atoms with Crippen LogP contribution in [-0.4, -0.2) is 61.1 Å². The number of rotatable bonds is 6. The summed E-state index contributed by atoms with van der Waals surface area (Å²) in [7, 11) is 0. The number of hydrogen-bond donors (Lipinski definition) is 0. The van der Waals surface area contributed by atoms with Crippen LogP contribution in [0.25, 0.3) is 5.57 Å². The van der Waals surface area contributed by atoms with Gasteiger partial charge in [0.1, 0.15) is 11.4 Å². The summed E-state index contributed by atoms with van der Waals surface area (Å²) in [6.07, 6.45) is 0.741. The molecule has 0 spiro atoms. The highest BCUT2D eigenvalue weighted by atomic mass is 16.5. The summed E-state index contributed by atoms with van der Waals surface area (Å²) in [5.41, 5.74) is 1.75. The number of ether oxygens (including phenoxy) is 2. The third-order valence-corrected chi connectivity index (χ3v) is 4.37. The lowest BCUT2D eigenvalue weighted by Crippen LogP contribution is -2.40. The molecule has 1 fully saturated rings. The molecule has 6 heteroatoms. The Morgan fingerprint density at radius 1 is 1.04 bits per heavy atom. The van der Waals surface area contributed by atoms with Gasteiger partial charge in [-0.05, 0) is 31.0 Å². The van der Waals surface area contributed by atoms with Crippen LogP contribution in [-0.2, 0) is 14.3 Å². The molecule has 0 bridgehead atoms. The van der Waals surface area contributed by atoms with Crippen LogP contribution in [0.4, 0.5) is 0 Å². The van der Waals surface area contributed by atoms with E-state index in [9.17, 15) is 9.59 Å². The third kappa shape index (κ3) is 3.39. The van der Waals surface area contributed by atoms with Crippen LogP contribution in [0, 0.1) is 0 Å². The minimum Gasteiger partial charge on any atom is -0.494 e. The molecule has 1 aromatic rings. The van der Waals surface area contributed by atoms with Crippen molar-refractivity contribution in [2.24, 2.45) is 0 Å². The fourth-order valence-electron chi connectivity index (χ4n) is 3.21. The lowest BCUT2D eigenvalue weighted by atomic mass is 10.0. The number of carbonyl (C=O) groups is 2. The van der Waals surface area contributed by atoms with Gasteiger partial charge in [-0.3, -0.25) is 14.5 Å². The third-order valence-electron chi connectivity index (χ3n) is 4.37. The zero-order chi connectivity index (χ0) is 17.8. The van der Waals surface area contributed by atoms with Crippen LogP contribution in [0.2, 0.25) is 0 Å². The minimum absolute atomic E-state index is 0.197. The van der Waals surface area contributed by atoms with E-state index >= 15 is 0 Å². The highest BCUT2D eigenvalue weighted by molar-refractivity contribution is 6.35. The van der Waals surface area contributed by atoms with Crippen molar-refractivity contribution in [2.75, 3.05) is 39.5 Å². The van der Waals surface area contributed by atoms with Crippen molar-refractivity contribution >= 4 is 17.4 Å². The molecular weight excluding hydrogens is 320 g/mol. The number of nitrogens with zero attached hydrogens (tertiary/aromatic N) is 2. The first-order valence-electron chi connectivity index (χ1n) is 8.83. The Balaban J connectivity index is 2.00. The molecule has 1 aromatic carbocycles. The highest BCUT2D eigenvalue weighted by Gasteiger charge is 2.41. The van der Waals surface area contributed by atoms with Crippen molar-refractivity contribution in [1.82, 2.24) is 9.80 Å². The van der Waals surface area contributed by atoms with E-state index in [0.717, 1.165) is 17.7 Å². The summed E-state index contributed by atoms with van der Waals surface area (Å²) >= 11 is 0. The van der Waals surface area contributed by atoms with Crippen LogP contribution in [0.5, 0.6) is 5.75 Å². The summed E-state index contributed by atoms with van der Waals surface area (Å²) in [5.74, 6) is 0.345. The minimum atomic E-state index is -0.211. The number of amides is 2. The Morgan fingerprint density at radius 3 is 2.32 bits per heavy atom. The van der Waals surface area contributed by atoms with Gasteiger partial charge in [-0.25, -0.2) is 0 Å². The number of hydrogen-bond acceptors (Lipinski definition) is 5. The molecule has 134 valence electrons. The van der Waals surface area contributed by atoms with Crippen molar-refractivity contribution in [3.8, 4) is 5.75 Å². The summed E-state index contributed by atoms with van der Waals surface area (Å²) < 4.78 is 10.9. The maximum atomic E-state index is 12.9. The van der Waals surface area contributed by atoms with Crippen molar-refractivity contribution in [3.63, 3.8) is 0 Å². The molecule has 0 radical (unpaired) electrons. The molecule has 2 amide bonds. The van der Waals surface area contributed by atoms with Gasteiger partial charge in [0.25, 0.3) is 11.8 Å². The number of carbonyl (C=O) groups excluding carboxylic acids is 2. The van der Waals surface area contributed by atoms with E-state index in [-0.39, 0.29) is 11.8 Å². The smallest absolute Gasteiger partial charge is 0.277 e. The first-order chi connectivity index (χ1) is 12.2. The lowest BCUT2D eigenvalue weighted by molar-refractivity contribution is -0.137. The quantitative estimate of drug-likeness (QED) is 0.738. The molecule has 0 aliphatic carbocycles. The van der Waals surface area contributed by atoms with E-state index in [0.29, 0.717) is 50.7 Å².